The normalized spacial score (nSPS) is 16.9. The minimum Gasteiger partial charge on any atom is -0.346 e. The molecule has 6 nitrogen and oxygen atoms in total. The number of nitriles is 1. The third-order valence-electron chi connectivity index (χ3n) is 7.68. The summed E-state index contributed by atoms with van der Waals surface area (Å²) < 4.78 is 4.28. The van der Waals surface area contributed by atoms with Crippen LogP contribution in [0.25, 0.3) is 44.2 Å². The van der Waals surface area contributed by atoms with Crippen LogP contribution in [0.5, 0.6) is 0 Å². The van der Waals surface area contributed by atoms with Gasteiger partial charge in [0.05, 0.1) is 40.8 Å². The summed E-state index contributed by atoms with van der Waals surface area (Å²) in [5, 5.41) is 16.0. The lowest BCUT2D eigenvalue weighted by atomic mass is 9.95. The molecule has 1 aliphatic rings. The highest BCUT2D eigenvalue weighted by molar-refractivity contribution is 6.02. The Kier molecular flexibility index (Phi) is 5.79. The summed E-state index contributed by atoms with van der Waals surface area (Å²) in [6.07, 6.45) is 9.92. The lowest BCUT2D eigenvalue weighted by molar-refractivity contribution is 0.335. The van der Waals surface area contributed by atoms with Gasteiger partial charge in [-0.05, 0) is 81.2 Å². The zero-order valence-electron chi connectivity index (χ0n) is 20.9. The number of hydrogen-bond acceptors (Lipinski definition) is 4. The summed E-state index contributed by atoms with van der Waals surface area (Å²) >= 11 is 0. The molecule has 0 radical (unpaired) electrons. The van der Waals surface area contributed by atoms with E-state index >= 15 is 0 Å². The van der Waals surface area contributed by atoms with E-state index < -0.39 is 0 Å². The largest absolute Gasteiger partial charge is 0.346 e. The minimum absolute atomic E-state index is 0.660. The average Bonchev–Trinajstić information content (AvgIpc) is 3.42. The first-order valence-corrected chi connectivity index (χ1v) is 12.7. The Hall–Kier alpha value is -3.95. The van der Waals surface area contributed by atoms with Crippen LogP contribution in [0.3, 0.4) is 0 Å². The fraction of sp³-hybridized carbons (Fsp3) is 0.300. The predicted molar refractivity (Wildman–Crippen MR) is 144 cm³/mol. The number of pyridine rings is 1. The molecule has 0 bridgehead atoms. The fourth-order valence-corrected chi connectivity index (χ4v) is 5.62. The summed E-state index contributed by atoms with van der Waals surface area (Å²) in [6.45, 7) is 3.38. The summed E-state index contributed by atoms with van der Waals surface area (Å²) in [6, 6.07) is 18.7. The summed E-state index contributed by atoms with van der Waals surface area (Å²) in [7, 11) is 4.19. The van der Waals surface area contributed by atoms with Gasteiger partial charge in [-0.15, -0.1) is 0 Å². The van der Waals surface area contributed by atoms with Crippen molar-refractivity contribution < 1.29 is 0 Å². The molecule has 180 valence electrons. The van der Waals surface area contributed by atoms with E-state index in [4.69, 9.17) is 4.98 Å². The van der Waals surface area contributed by atoms with Gasteiger partial charge in [-0.2, -0.15) is 10.4 Å². The molecular formula is C30H30N6. The van der Waals surface area contributed by atoms with Gasteiger partial charge < -0.3 is 9.47 Å². The molecule has 0 N–H and O–H groups in total. The van der Waals surface area contributed by atoms with Crippen molar-refractivity contribution >= 4 is 21.8 Å². The Balaban J connectivity index is 1.48. The maximum absolute atomic E-state index is 9.32. The molecule has 1 atom stereocenters. The molecule has 0 amide bonds. The van der Waals surface area contributed by atoms with E-state index in [9.17, 15) is 5.26 Å². The number of rotatable bonds is 4. The van der Waals surface area contributed by atoms with E-state index in [-0.39, 0.29) is 0 Å². The third kappa shape index (κ3) is 4.06. The number of hydrogen-bond donors (Lipinski definition) is 0. The lowest BCUT2D eigenvalue weighted by Crippen LogP contribution is -2.19. The zero-order chi connectivity index (χ0) is 24.6. The van der Waals surface area contributed by atoms with Crippen LogP contribution in [-0.2, 0) is 13.6 Å². The van der Waals surface area contributed by atoms with E-state index in [0.29, 0.717) is 11.5 Å². The van der Waals surface area contributed by atoms with Crippen LogP contribution in [0, 0.1) is 17.2 Å². The number of likely N-dealkylation sites (tertiary alicyclic amines) is 1. The molecule has 2 aromatic carbocycles. The highest BCUT2D eigenvalue weighted by atomic mass is 15.2. The molecule has 6 rings (SSSR count). The van der Waals surface area contributed by atoms with E-state index in [1.165, 1.54) is 37.7 Å². The first-order chi connectivity index (χ1) is 17.6. The SMILES string of the molecule is CN1CCCC(Cn2ccc3c(-c4ccc(C#N)cc4)c(-c4ccc5c(cnn5C)c4)ncc32)CC1. The molecule has 1 fully saturated rings. The van der Waals surface area contributed by atoms with Crippen molar-refractivity contribution in [2.75, 3.05) is 20.1 Å². The number of aromatic nitrogens is 4. The van der Waals surface area contributed by atoms with E-state index in [1.807, 2.05) is 48.4 Å². The number of aryl methyl sites for hydroxylation is 1. The molecule has 1 unspecified atom stereocenters. The first kappa shape index (κ1) is 22.5. The topological polar surface area (TPSA) is 62.7 Å². The second-order valence-electron chi connectivity index (χ2n) is 10.1. The Bertz CT molecular complexity index is 1580. The van der Waals surface area contributed by atoms with Crippen LogP contribution >= 0.6 is 0 Å². The van der Waals surface area contributed by atoms with Gasteiger partial charge in [0, 0.05) is 41.7 Å². The maximum Gasteiger partial charge on any atom is 0.0991 e. The molecule has 36 heavy (non-hydrogen) atoms. The predicted octanol–water partition coefficient (Wildman–Crippen LogP) is 5.86. The Morgan fingerprint density at radius 3 is 2.61 bits per heavy atom. The molecular weight excluding hydrogens is 444 g/mol. The number of fused-ring (bicyclic) bond motifs is 2. The fourth-order valence-electron chi connectivity index (χ4n) is 5.62. The van der Waals surface area contributed by atoms with Gasteiger partial charge in [-0.25, -0.2) is 0 Å². The summed E-state index contributed by atoms with van der Waals surface area (Å²) in [4.78, 5) is 7.49. The van der Waals surface area contributed by atoms with Crippen molar-refractivity contribution in [1.82, 2.24) is 24.2 Å². The molecule has 6 heteroatoms. The van der Waals surface area contributed by atoms with Crippen molar-refractivity contribution in [3.8, 4) is 28.5 Å². The third-order valence-corrected chi connectivity index (χ3v) is 7.68. The molecule has 1 aliphatic heterocycles. The standard InChI is InChI=1S/C30H30N6/c1-34-13-3-4-22(11-14-34)20-36-15-12-26-28(36)19-32-30(29(26)23-7-5-21(17-31)6-8-23)24-9-10-27-25(16-24)18-33-35(27)2/h5-10,12,15-16,18-19,22H,3-4,11,13-14,20H2,1-2H3. The molecule has 3 aromatic heterocycles. The van der Waals surface area contributed by atoms with Crippen LogP contribution < -0.4 is 0 Å². The van der Waals surface area contributed by atoms with Crippen molar-refractivity contribution in [1.29, 1.82) is 5.26 Å². The van der Waals surface area contributed by atoms with Crippen molar-refractivity contribution in [2.24, 2.45) is 13.0 Å². The van der Waals surface area contributed by atoms with Gasteiger partial charge in [0.25, 0.3) is 0 Å². The van der Waals surface area contributed by atoms with Gasteiger partial charge in [-0.3, -0.25) is 9.67 Å². The highest BCUT2D eigenvalue weighted by Crippen LogP contribution is 2.38. The van der Waals surface area contributed by atoms with Gasteiger partial charge in [0.2, 0.25) is 0 Å². The van der Waals surface area contributed by atoms with E-state index in [2.05, 4.69) is 58.1 Å². The molecule has 4 heterocycles. The van der Waals surface area contributed by atoms with Gasteiger partial charge in [-0.1, -0.05) is 18.2 Å². The van der Waals surface area contributed by atoms with Gasteiger partial charge >= 0.3 is 0 Å². The van der Waals surface area contributed by atoms with Crippen LogP contribution in [-0.4, -0.2) is 44.4 Å². The highest BCUT2D eigenvalue weighted by Gasteiger charge is 2.19. The minimum atomic E-state index is 0.660. The number of benzene rings is 2. The quantitative estimate of drug-likeness (QED) is 0.327. The van der Waals surface area contributed by atoms with Crippen LogP contribution in [0.2, 0.25) is 0 Å². The maximum atomic E-state index is 9.32. The molecule has 0 spiro atoms. The Morgan fingerprint density at radius 1 is 0.944 bits per heavy atom. The Morgan fingerprint density at radius 2 is 1.78 bits per heavy atom. The van der Waals surface area contributed by atoms with Crippen molar-refractivity contribution in [2.45, 2.75) is 25.8 Å². The molecule has 0 aliphatic carbocycles. The van der Waals surface area contributed by atoms with E-state index in [1.54, 1.807) is 0 Å². The lowest BCUT2D eigenvalue weighted by Gasteiger charge is -2.17. The first-order valence-electron chi connectivity index (χ1n) is 12.7. The Labute approximate surface area is 211 Å². The van der Waals surface area contributed by atoms with Crippen LogP contribution in [0.4, 0.5) is 0 Å². The second-order valence-corrected chi connectivity index (χ2v) is 10.1. The molecule has 5 aromatic rings. The zero-order valence-corrected chi connectivity index (χ0v) is 20.9. The summed E-state index contributed by atoms with van der Waals surface area (Å²) in [5.41, 5.74) is 7.12. The van der Waals surface area contributed by atoms with Crippen molar-refractivity contribution in [3.63, 3.8) is 0 Å². The van der Waals surface area contributed by atoms with Crippen LogP contribution in [0.15, 0.2) is 67.1 Å². The number of nitrogens with zero attached hydrogens (tertiary/aromatic N) is 6. The summed E-state index contributed by atoms with van der Waals surface area (Å²) in [5.74, 6) is 0.677. The van der Waals surface area contributed by atoms with Gasteiger partial charge in [0.15, 0.2) is 0 Å². The van der Waals surface area contributed by atoms with E-state index in [0.717, 1.165) is 45.3 Å². The second kappa shape index (κ2) is 9.25. The van der Waals surface area contributed by atoms with Crippen LogP contribution in [0.1, 0.15) is 24.8 Å². The molecule has 1 saturated heterocycles. The monoisotopic (exact) mass is 474 g/mol. The van der Waals surface area contributed by atoms with Gasteiger partial charge in [0.1, 0.15) is 0 Å². The average molecular weight is 475 g/mol. The smallest absolute Gasteiger partial charge is 0.0991 e. The molecule has 0 saturated carbocycles. The van der Waals surface area contributed by atoms with Crippen molar-refractivity contribution in [3.05, 3.63) is 72.7 Å².